The van der Waals surface area contributed by atoms with E-state index in [1.54, 1.807) is 0 Å². The Kier molecular flexibility index (Phi) is 6.17. The van der Waals surface area contributed by atoms with Crippen LogP contribution < -0.4 is 5.32 Å². The zero-order chi connectivity index (χ0) is 19.6. The molecule has 1 N–H and O–H groups in total. The number of hydrogen-bond donors (Lipinski definition) is 1. The first-order valence-corrected chi connectivity index (χ1v) is 10.5. The number of halogens is 3. The van der Waals surface area contributed by atoms with Crippen LogP contribution in [0.1, 0.15) is 10.4 Å². The summed E-state index contributed by atoms with van der Waals surface area (Å²) in [5.41, 5.74) is 0.469. The molecule has 144 valence electrons. The highest BCUT2D eigenvalue weighted by atomic mass is 79.9. The van der Waals surface area contributed by atoms with Crippen molar-refractivity contribution < 1.29 is 22.3 Å². The summed E-state index contributed by atoms with van der Waals surface area (Å²) in [7, 11) is -3.82. The lowest BCUT2D eigenvalue weighted by Crippen LogP contribution is -2.40. The Balaban J connectivity index is 1.88. The van der Waals surface area contributed by atoms with E-state index in [4.69, 9.17) is 16.3 Å². The van der Waals surface area contributed by atoms with Gasteiger partial charge in [0.2, 0.25) is 10.0 Å². The van der Waals surface area contributed by atoms with E-state index in [9.17, 15) is 17.6 Å². The van der Waals surface area contributed by atoms with Crippen molar-refractivity contribution in [2.45, 2.75) is 4.90 Å². The summed E-state index contributed by atoms with van der Waals surface area (Å²) in [6, 6.07) is 7.87. The van der Waals surface area contributed by atoms with Gasteiger partial charge in [0, 0.05) is 23.2 Å². The first kappa shape index (κ1) is 20.2. The van der Waals surface area contributed by atoms with E-state index >= 15 is 0 Å². The summed E-state index contributed by atoms with van der Waals surface area (Å²) in [6.45, 7) is 1.09. The fourth-order valence-electron chi connectivity index (χ4n) is 2.58. The van der Waals surface area contributed by atoms with E-state index in [1.807, 2.05) is 0 Å². The van der Waals surface area contributed by atoms with Gasteiger partial charge in [-0.3, -0.25) is 4.79 Å². The third kappa shape index (κ3) is 4.49. The van der Waals surface area contributed by atoms with Crippen molar-refractivity contribution in [3.05, 3.63) is 57.3 Å². The van der Waals surface area contributed by atoms with Gasteiger partial charge in [-0.15, -0.1) is 0 Å². The number of carbonyl (C=O) groups is 1. The van der Waals surface area contributed by atoms with Crippen LogP contribution in [0.15, 0.2) is 45.8 Å². The van der Waals surface area contributed by atoms with Gasteiger partial charge in [-0.1, -0.05) is 11.6 Å². The van der Waals surface area contributed by atoms with Gasteiger partial charge in [0.25, 0.3) is 5.91 Å². The van der Waals surface area contributed by atoms with Crippen LogP contribution in [0.3, 0.4) is 0 Å². The van der Waals surface area contributed by atoms with E-state index in [1.165, 1.54) is 34.6 Å². The zero-order valence-electron chi connectivity index (χ0n) is 13.9. The number of benzene rings is 2. The molecule has 1 aliphatic rings. The number of carbonyl (C=O) groups excluding carboxylic acids is 1. The van der Waals surface area contributed by atoms with E-state index in [0.29, 0.717) is 13.2 Å². The van der Waals surface area contributed by atoms with E-state index in [-0.39, 0.29) is 38.7 Å². The Labute approximate surface area is 169 Å². The maximum absolute atomic E-state index is 13.2. The van der Waals surface area contributed by atoms with Crippen molar-refractivity contribution in [2.75, 3.05) is 31.6 Å². The molecule has 1 amide bonds. The minimum absolute atomic E-state index is 0.0578. The minimum atomic E-state index is -3.82. The fourth-order valence-corrected chi connectivity index (χ4v) is 5.02. The molecule has 1 aliphatic heterocycles. The van der Waals surface area contributed by atoms with Crippen LogP contribution in [0.2, 0.25) is 5.02 Å². The summed E-state index contributed by atoms with van der Waals surface area (Å²) < 4.78 is 45.6. The number of amides is 1. The van der Waals surface area contributed by atoms with Gasteiger partial charge in [-0.25, -0.2) is 12.8 Å². The van der Waals surface area contributed by atoms with Gasteiger partial charge in [0.15, 0.2) is 0 Å². The number of nitrogens with one attached hydrogen (secondary N) is 1. The number of nitrogens with zero attached hydrogens (tertiary/aromatic N) is 1. The fraction of sp³-hybridized carbons (Fsp3) is 0.235. The summed E-state index contributed by atoms with van der Waals surface area (Å²) in [5.74, 6) is -0.997. The predicted octanol–water partition coefficient (Wildman–Crippen LogP) is 3.51. The lowest BCUT2D eigenvalue weighted by atomic mass is 10.2. The van der Waals surface area contributed by atoms with Crippen molar-refractivity contribution in [3.8, 4) is 0 Å². The molecule has 3 rings (SSSR count). The number of rotatable bonds is 4. The predicted molar refractivity (Wildman–Crippen MR) is 103 cm³/mol. The van der Waals surface area contributed by atoms with Crippen LogP contribution in [0, 0.1) is 5.82 Å². The monoisotopic (exact) mass is 476 g/mol. The molecule has 0 unspecified atom stereocenters. The number of anilines is 1. The number of sulfonamides is 1. The second-order valence-electron chi connectivity index (χ2n) is 5.74. The average molecular weight is 478 g/mol. The molecule has 0 radical (unpaired) electrons. The van der Waals surface area contributed by atoms with Crippen LogP contribution in [0.25, 0.3) is 0 Å². The van der Waals surface area contributed by atoms with Crippen molar-refractivity contribution in [2.24, 2.45) is 0 Å². The van der Waals surface area contributed by atoms with Gasteiger partial charge in [0.05, 0.1) is 23.8 Å². The maximum Gasteiger partial charge on any atom is 0.256 e. The molecule has 0 aliphatic carbocycles. The first-order valence-electron chi connectivity index (χ1n) is 7.93. The first-order chi connectivity index (χ1) is 12.8. The average Bonchev–Trinajstić information content (AvgIpc) is 2.63. The molecular weight excluding hydrogens is 463 g/mol. The van der Waals surface area contributed by atoms with Gasteiger partial charge < -0.3 is 10.1 Å². The van der Waals surface area contributed by atoms with Crippen molar-refractivity contribution in [1.82, 2.24) is 4.31 Å². The molecule has 0 bridgehead atoms. The SMILES string of the molecule is O=C(Nc1ccc(Cl)c(S(=O)(=O)N2CCOCC2)c1)c1ccc(F)cc1Br. The summed E-state index contributed by atoms with van der Waals surface area (Å²) in [4.78, 5) is 12.3. The topological polar surface area (TPSA) is 75.7 Å². The minimum Gasteiger partial charge on any atom is -0.379 e. The molecular formula is C17H15BrClFN2O4S. The Morgan fingerprint density at radius 1 is 1.19 bits per heavy atom. The quantitative estimate of drug-likeness (QED) is 0.731. The van der Waals surface area contributed by atoms with Crippen LogP contribution in [0.5, 0.6) is 0 Å². The molecule has 0 atom stereocenters. The summed E-state index contributed by atoms with van der Waals surface area (Å²) >= 11 is 9.23. The number of morpholine rings is 1. The van der Waals surface area contributed by atoms with Crippen molar-refractivity contribution >= 4 is 49.1 Å². The maximum atomic E-state index is 13.2. The molecule has 0 saturated carbocycles. The molecule has 27 heavy (non-hydrogen) atoms. The molecule has 6 nitrogen and oxygen atoms in total. The molecule has 1 heterocycles. The Morgan fingerprint density at radius 2 is 1.89 bits per heavy atom. The number of ether oxygens (including phenoxy) is 1. The van der Waals surface area contributed by atoms with Gasteiger partial charge in [0.1, 0.15) is 10.7 Å². The van der Waals surface area contributed by atoms with Crippen LogP contribution in [0.4, 0.5) is 10.1 Å². The van der Waals surface area contributed by atoms with Gasteiger partial charge in [-0.05, 0) is 52.3 Å². The van der Waals surface area contributed by atoms with E-state index in [0.717, 1.165) is 6.07 Å². The lowest BCUT2D eigenvalue weighted by Gasteiger charge is -2.26. The van der Waals surface area contributed by atoms with Crippen molar-refractivity contribution in [1.29, 1.82) is 0 Å². The second-order valence-corrected chi connectivity index (χ2v) is 8.91. The third-order valence-corrected chi connectivity index (χ3v) is 6.99. The van der Waals surface area contributed by atoms with Crippen molar-refractivity contribution in [3.63, 3.8) is 0 Å². The molecule has 1 fully saturated rings. The second kappa shape index (κ2) is 8.24. The highest BCUT2D eigenvalue weighted by molar-refractivity contribution is 9.10. The smallest absolute Gasteiger partial charge is 0.256 e. The van der Waals surface area contributed by atoms with E-state index in [2.05, 4.69) is 21.2 Å². The largest absolute Gasteiger partial charge is 0.379 e. The van der Waals surface area contributed by atoms with Crippen LogP contribution in [-0.2, 0) is 14.8 Å². The molecule has 10 heteroatoms. The third-order valence-electron chi connectivity index (χ3n) is 3.95. The highest BCUT2D eigenvalue weighted by Crippen LogP contribution is 2.29. The normalized spacial score (nSPS) is 15.5. The van der Waals surface area contributed by atoms with Crippen LogP contribution >= 0.6 is 27.5 Å². The van der Waals surface area contributed by atoms with Gasteiger partial charge >= 0.3 is 0 Å². The van der Waals surface area contributed by atoms with Gasteiger partial charge in [-0.2, -0.15) is 4.31 Å². The standard InChI is InChI=1S/C17H15BrClFN2O4S/c18-14-9-11(20)1-3-13(14)17(23)21-12-2-4-15(19)16(10-12)27(24,25)22-5-7-26-8-6-22/h1-4,9-10H,5-8H2,(H,21,23). The van der Waals surface area contributed by atoms with Crippen LogP contribution in [-0.4, -0.2) is 44.9 Å². The highest BCUT2D eigenvalue weighted by Gasteiger charge is 2.28. The zero-order valence-corrected chi connectivity index (χ0v) is 17.1. The van der Waals surface area contributed by atoms with E-state index < -0.39 is 21.7 Å². The molecule has 1 saturated heterocycles. The molecule has 2 aromatic rings. The molecule has 2 aromatic carbocycles. The molecule has 0 spiro atoms. The Bertz CT molecular complexity index is 981. The number of hydrogen-bond acceptors (Lipinski definition) is 4. The summed E-state index contributed by atoms with van der Waals surface area (Å²) in [5, 5.41) is 2.66. The molecule has 0 aromatic heterocycles. The Hall–Kier alpha value is -1.52. The Morgan fingerprint density at radius 3 is 2.56 bits per heavy atom. The lowest BCUT2D eigenvalue weighted by molar-refractivity contribution is 0.0730. The summed E-state index contributed by atoms with van der Waals surface area (Å²) in [6.07, 6.45) is 0.